The lowest BCUT2D eigenvalue weighted by Crippen LogP contribution is -2.33. The van der Waals surface area contributed by atoms with Crippen molar-refractivity contribution in [1.29, 1.82) is 0 Å². The maximum absolute atomic E-state index is 12.3. The Morgan fingerprint density at radius 3 is 3.12 bits per heavy atom. The lowest BCUT2D eigenvalue weighted by Gasteiger charge is -2.25. The lowest BCUT2D eigenvalue weighted by atomic mass is 9.99. The number of aromatic amines is 1. The summed E-state index contributed by atoms with van der Waals surface area (Å²) >= 11 is 1.63. The summed E-state index contributed by atoms with van der Waals surface area (Å²) in [6, 6.07) is 6.04. The Bertz CT molecular complexity index is 921. The van der Waals surface area contributed by atoms with E-state index in [1.807, 2.05) is 40.1 Å². The third-order valence-corrected chi connectivity index (χ3v) is 4.98. The van der Waals surface area contributed by atoms with Crippen molar-refractivity contribution >= 4 is 39.9 Å². The standard InChI is InChI=1S/C19H17N3OS/c23-18(4-3-14-7-11-24-13-14)22-9-5-15(6-10-22)17-12-21-19-16(17)2-1-8-20-19/h1-5,7-8,11-13H,6,9-10H2,(H,20,21). The number of carbonyl (C=O) groups excluding carboxylic acids is 1. The first-order valence-electron chi connectivity index (χ1n) is 7.92. The number of hydrogen-bond acceptors (Lipinski definition) is 3. The molecule has 1 N–H and O–H groups in total. The van der Waals surface area contributed by atoms with Crippen LogP contribution in [0.2, 0.25) is 0 Å². The van der Waals surface area contributed by atoms with Gasteiger partial charge < -0.3 is 9.88 Å². The number of amides is 1. The topological polar surface area (TPSA) is 49.0 Å². The van der Waals surface area contributed by atoms with Crippen LogP contribution in [0.5, 0.6) is 0 Å². The molecule has 4 nitrogen and oxygen atoms in total. The summed E-state index contributed by atoms with van der Waals surface area (Å²) < 4.78 is 0. The summed E-state index contributed by atoms with van der Waals surface area (Å²) in [6.45, 7) is 1.39. The van der Waals surface area contributed by atoms with Crippen molar-refractivity contribution in [2.45, 2.75) is 6.42 Å². The fourth-order valence-corrected chi connectivity index (χ4v) is 3.61. The predicted octanol–water partition coefficient (Wildman–Crippen LogP) is 3.95. The van der Waals surface area contributed by atoms with Crippen LogP contribution in [0.1, 0.15) is 17.5 Å². The van der Waals surface area contributed by atoms with Gasteiger partial charge in [0.1, 0.15) is 5.65 Å². The summed E-state index contributed by atoms with van der Waals surface area (Å²) in [6.07, 6.45) is 10.4. The summed E-state index contributed by atoms with van der Waals surface area (Å²) in [5.41, 5.74) is 4.46. The molecule has 0 aromatic carbocycles. The van der Waals surface area contributed by atoms with Crippen molar-refractivity contribution < 1.29 is 4.79 Å². The number of thiophene rings is 1. The number of aromatic nitrogens is 2. The number of rotatable bonds is 3. The van der Waals surface area contributed by atoms with Crippen LogP contribution >= 0.6 is 11.3 Å². The van der Waals surface area contributed by atoms with Gasteiger partial charge in [-0.2, -0.15) is 11.3 Å². The zero-order valence-electron chi connectivity index (χ0n) is 13.1. The number of hydrogen-bond donors (Lipinski definition) is 1. The summed E-state index contributed by atoms with van der Waals surface area (Å²) in [4.78, 5) is 21.7. The highest BCUT2D eigenvalue weighted by Gasteiger charge is 2.18. The molecule has 3 aromatic heterocycles. The maximum atomic E-state index is 12.3. The van der Waals surface area contributed by atoms with E-state index in [1.54, 1.807) is 23.6 Å². The largest absolute Gasteiger partial charge is 0.346 e. The number of H-pyrrole nitrogens is 1. The number of pyridine rings is 1. The molecule has 0 fully saturated rings. The van der Waals surface area contributed by atoms with Gasteiger partial charge in [0.2, 0.25) is 5.91 Å². The van der Waals surface area contributed by atoms with Crippen molar-refractivity contribution in [2.24, 2.45) is 0 Å². The van der Waals surface area contributed by atoms with Crippen molar-refractivity contribution in [3.8, 4) is 0 Å². The first-order chi connectivity index (χ1) is 11.8. The van der Waals surface area contributed by atoms with E-state index in [0.29, 0.717) is 6.54 Å². The second-order valence-electron chi connectivity index (χ2n) is 5.76. The molecule has 1 amide bonds. The highest BCUT2D eigenvalue weighted by Crippen LogP contribution is 2.28. The van der Waals surface area contributed by atoms with Crippen LogP contribution in [0.15, 0.2) is 53.5 Å². The van der Waals surface area contributed by atoms with E-state index >= 15 is 0 Å². The molecular formula is C19H17N3OS. The minimum absolute atomic E-state index is 0.0668. The molecule has 1 aliphatic rings. The smallest absolute Gasteiger partial charge is 0.246 e. The van der Waals surface area contributed by atoms with Crippen LogP contribution in [-0.2, 0) is 4.79 Å². The van der Waals surface area contributed by atoms with Gasteiger partial charge in [-0.1, -0.05) is 6.08 Å². The first kappa shape index (κ1) is 14.9. The van der Waals surface area contributed by atoms with Gasteiger partial charge in [0.25, 0.3) is 0 Å². The van der Waals surface area contributed by atoms with Gasteiger partial charge >= 0.3 is 0 Å². The zero-order chi connectivity index (χ0) is 16.4. The van der Waals surface area contributed by atoms with Crippen molar-refractivity contribution in [1.82, 2.24) is 14.9 Å². The second-order valence-corrected chi connectivity index (χ2v) is 6.54. The van der Waals surface area contributed by atoms with E-state index in [0.717, 1.165) is 29.6 Å². The Balaban J connectivity index is 1.48. The highest BCUT2D eigenvalue weighted by atomic mass is 32.1. The van der Waals surface area contributed by atoms with Gasteiger partial charge in [-0.25, -0.2) is 4.98 Å². The number of nitrogens with zero attached hydrogens (tertiary/aromatic N) is 2. The fourth-order valence-electron chi connectivity index (χ4n) is 2.98. The van der Waals surface area contributed by atoms with E-state index in [-0.39, 0.29) is 5.91 Å². The SMILES string of the molecule is O=C(C=Cc1ccsc1)N1CC=C(c2c[nH]c3ncccc23)CC1. The van der Waals surface area contributed by atoms with Gasteiger partial charge in [0.05, 0.1) is 0 Å². The van der Waals surface area contributed by atoms with Gasteiger partial charge in [0, 0.05) is 42.5 Å². The summed E-state index contributed by atoms with van der Waals surface area (Å²) in [5.74, 6) is 0.0668. The summed E-state index contributed by atoms with van der Waals surface area (Å²) in [5, 5.41) is 5.18. The Hall–Kier alpha value is -2.66. The molecule has 4 rings (SSSR count). The molecule has 0 bridgehead atoms. The number of fused-ring (bicyclic) bond motifs is 1. The molecule has 0 saturated heterocycles. The van der Waals surface area contributed by atoms with Gasteiger partial charge in [-0.05, 0) is 52.6 Å². The third-order valence-electron chi connectivity index (χ3n) is 4.28. The van der Waals surface area contributed by atoms with E-state index in [1.165, 1.54) is 11.1 Å². The normalized spacial score (nSPS) is 15.2. The van der Waals surface area contributed by atoms with Crippen LogP contribution in [0.25, 0.3) is 22.7 Å². The molecule has 1 aliphatic heterocycles. The van der Waals surface area contributed by atoms with Gasteiger partial charge in [-0.3, -0.25) is 4.79 Å². The van der Waals surface area contributed by atoms with E-state index in [9.17, 15) is 4.79 Å². The molecule has 24 heavy (non-hydrogen) atoms. The third kappa shape index (κ3) is 2.90. The van der Waals surface area contributed by atoms with Gasteiger partial charge in [0.15, 0.2) is 0 Å². The molecule has 0 aliphatic carbocycles. The molecule has 0 radical (unpaired) electrons. The Morgan fingerprint density at radius 2 is 2.33 bits per heavy atom. The molecule has 120 valence electrons. The van der Waals surface area contributed by atoms with E-state index in [2.05, 4.69) is 22.1 Å². The average molecular weight is 335 g/mol. The molecule has 0 unspecified atom stereocenters. The average Bonchev–Trinajstić information content (AvgIpc) is 3.29. The molecule has 5 heteroatoms. The van der Waals surface area contributed by atoms with E-state index < -0.39 is 0 Å². The van der Waals surface area contributed by atoms with Crippen molar-refractivity contribution in [3.63, 3.8) is 0 Å². The highest BCUT2D eigenvalue weighted by molar-refractivity contribution is 7.08. The number of carbonyl (C=O) groups is 1. The van der Waals surface area contributed by atoms with Crippen molar-refractivity contribution in [2.75, 3.05) is 13.1 Å². The maximum Gasteiger partial charge on any atom is 0.246 e. The Kier molecular flexibility index (Phi) is 4.01. The minimum atomic E-state index is 0.0668. The molecule has 0 saturated carbocycles. The first-order valence-corrected chi connectivity index (χ1v) is 8.86. The van der Waals surface area contributed by atoms with Crippen molar-refractivity contribution in [3.05, 3.63) is 64.6 Å². The quantitative estimate of drug-likeness (QED) is 0.737. The molecular weight excluding hydrogens is 318 g/mol. The zero-order valence-corrected chi connectivity index (χ0v) is 13.9. The van der Waals surface area contributed by atoms with Crippen LogP contribution in [0.4, 0.5) is 0 Å². The van der Waals surface area contributed by atoms with Crippen LogP contribution in [-0.4, -0.2) is 33.9 Å². The molecule has 3 aromatic rings. The second kappa shape index (κ2) is 6.45. The van der Waals surface area contributed by atoms with Crippen LogP contribution in [0, 0.1) is 0 Å². The van der Waals surface area contributed by atoms with E-state index in [4.69, 9.17) is 0 Å². The van der Waals surface area contributed by atoms with Crippen LogP contribution < -0.4 is 0 Å². The lowest BCUT2D eigenvalue weighted by molar-refractivity contribution is -0.125. The predicted molar refractivity (Wildman–Crippen MR) is 98.6 cm³/mol. The Morgan fingerprint density at radius 1 is 1.38 bits per heavy atom. The van der Waals surface area contributed by atoms with Crippen LogP contribution in [0.3, 0.4) is 0 Å². The number of nitrogens with one attached hydrogen (secondary N) is 1. The minimum Gasteiger partial charge on any atom is -0.346 e. The fraction of sp³-hybridized carbons (Fsp3) is 0.158. The molecule has 4 heterocycles. The molecule has 0 atom stereocenters. The van der Waals surface area contributed by atoms with Gasteiger partial charge in [-0.15, -0.1) is 0 Å². The monoisotopic (exact) mass is 335 g/mol. The molecule has 0 spiro atoms. The summed E-state index contributed by atoms with van der Waals surface area (Å²) in [7, 11) is 0. The Labute approximate surface area is 144 Å².